The van der Waals surface area contributed by atoms with Crippen LogP contribution in [-0.4, -0.2) is 47.4 Å². The number of carbonyl (C=O) groups excluding carboxylic acids is 1. The minimum Gasteiger partial charge on any atom is -0.468 e. The summed E-state index contributed by atoms with van der Waals surface area (Å²) >= 11 is 0. The Morgan fingerprint density at radius 1 is 1.32 bits per heavy atom. The SMILES string of the molecule is NC1(C(=O)N2CCN(Cc3ccco3)CC2)CCC1. The van der Waals surface area contributed by atoms with Crippen LogP contribution in [0.3, 0.4) is 0 Å². The predicted octanol–water partition coefficient (Wildman–Crippen LogP) is 0.805. The fraction of sp³-hybridized carbons (Fsp3) is 0.643. The van der Waals surface area contributed by atoms with Crippen molar-refractivity contribution >= 4 is 5.91 Å². The topological polar surface area (TPSA) is 62.7 Å². The Morgan fingerprint density at radius 2 is 2.05 bits per heavy atom. The molecule has 1 aliphatic heterocycles. The first-order valence-electron chi connectivity index (χ1n) is 7.00. The Bertz CT molecular complexity index is 432. The van der Waals surface area contributed by atoms with E-state index in [9.17, 15) is 4.79 Å². The molecule has 1 aromatic rings. The number of rotatable bonds is 3. The molecule has 0 aromatic carbocycles. The maximum Gasteiger partial charge on any atom is 0.242 e. The lowest BCUT2D eigenvalue weighted by Gasteiger charge is -2.43. The van der Waals surface area contributed by atoms with E-state index in [2.05, 4.69) is 4.90 Å². The molecule has 5 nitrogen and oxygen atoms in total. The highest BCUT2D eigenvalue weighted by Gasteiger charge is 2.43. The van der Waals surface area contributed by atoms with E-state index in [4.69, 9.17) is 10.2 Å². The van der Waals surface area contributed by atoms with E-state index in [1.54, 1.807) is 6.26 Å². The molecule has 1 amide bonds. The summed E-state index contributed by atoms with van der Waals surface area (Å²) < 4.78 is 5.35. The quantitative estimate of drug-likeness (QED) is 0.876. The summed E-state index contributed by atoms with van der Waals surface area (Å²) in [5.41, 5.74) is 5.55. The Morgan fingerprint density at radius 3 is 2.58 bits per heavy atom. The van der Waals surface area contributed by atoms with Crippen molar-refractivity contribution < 1.29 is 9.21 Å². The normalized spacial score (nSPS) is 23.1. The zero-order valence-corrected chi connectivity index (χ0v) is 11.2. The van der Waals surface area contributed by atoms with Gasteiger partial charge in [-0.3, -0.25) is 9.69 Å². The van der Waals surface area contributed by atoms with Crippen LogP contribution in [0.1, 0.15) is 25.0 Å². The lowest BCUT2D eigenvalue weighted by molar-refractivity contribution is -0.142. The highest BCUT2D eigenvalue weighted by molar-refractivity contribution is 5.87. The Balaban J connectivity index is 1.50. The van der Waals surface area contributed by atoms with E-state index in [1.165, 1.54) is 0 Å². The van der Waals surface area contributed by atoms with Crippen LogP contribution >= 0.6 is 0 Å². The van der Waals surface area contributed by atoms with Gasteiger partial charge in [0.2, 0.25) is 5.91 Å². The molecule has 5 heteroatoms. The molecule has 0 radical (unpaired) electrons. The number of amides is 1. The average Bonchev–Trinajstić information content (AvgIpc) is 2.89. The zero-order valence-electron chi connectivity index (χ0n) is 11.2. The van der Waals surface area contributed by atoms with Gasteiger partial charge < -0.3 is 15.1 Å². The number of piperazine rings is 1. The van der Waals surface area contributed by atoms with Gasteiger partial charge in [-0.1, -0.05) is 0 Å². The summed E-state index contributed by atoms with van der Waals surface area (Å²) in [7, 11) is 0. The lowest BCUT2D eigenvalue weighted by Crippen LogP contribution is -2.62. The van der Waals surface area contributed by atoms with E-state index < -0.39 is 5.54 Å². The van der Waals surface area contributed by atoms with Crippen LogP contribution in [0.25, 0.3) is 0 Å². The summed E-state index contributed by atoms with van der Waals surface area (Å²) in [6.07, 6.45) is 4.47. The van der Waals surface area contributed by atoms with Crippen molar-refractivity contribution in [1.29, 1.82) is 0 Å². The van der Waals surface area contributed by atoms with E-state index >= 15 is 0 Å². The summed E-state index contributed by atoms with van der Waals surface area (Å²) in [6.45, 7) is 4.16. The van der Waals surface area contributed by atoms with Crippen LogP contribution in [0.5, 0.6) is 0 Å². The fourth-order valence-corrected chi connectivity index (χ4v) is 2.82. The van der Waals surface area contributed by atoms with Crippen molar-refractivity contribution in [3.63, 3.8) is 0 Å². The largest absolute Gasteiger partial charge is 0.468 e. The zero-order chi connectivity index (χ0) is 13.3. The number of hydrogen-bond donors (Lipinski definition) is 1. The lowest BCUT2D eigenvalue weighted by atomic mass is 9.76. The Hall–Kier alpha value is -1.33. The summed E-state index contributed by atoms with van der Waals surface area (Å²) in [6, 6.07) is 3.89. The molecule has 1 saturated heterocycles. The number of furan rings is 1. The molecule has 1 aromatic heterocycles. The first kappa shape index (κ1) is 12.7. The van der Waals surface area contributed by atoms with Crippen LogP contribution in [0, 0.1) is 0 Å². The Labute approximate surface area is 113 Å². The van der Waals surface area contributed by atoms with Gasteiger partial charge in [-0.25, -0.2) is 0 Å². The van der Waals surface area contributed by atoms with E-state index in [0.29, 0.717) is 0 Å². The van der Waals surface area contributed by atoms with E-state index in [1.807, 2.05) is 17.0 Å². The third-order valence-electron chi connectivity index (χ3n) is 4.29. The van der Waals surface area contributed by atoms with Gasteiger partial charge in [0, 0.05) is 26.2 Å². The molecule has 104 valence electrons. The molecule has 2 heterocycles. The van der Waals surface area contributed by atoms with Crippen LogP contribution in [-0.2, 0) is 11.3 Å². The van der Waals surface area contributed by atoms with Crippen molar-refractivity contribution in [3.8, 4) is 0 Å². The number of nitrogens with two attached hydrogens (primary N) is 1. The van der Waals surface area contributed by atoms with Gasteiger partial charge in [-0.2, -0.15) is 0 Å². The predicted molar refractivity (Wildman–Crippen MR) is 71.3 cm³/mol. The molecule has 3 rings (SSSR count). The van der Waals surface area contributed by atoms with Crippen molar-refractivity contribution in [2.24, 2.45) is 5.73 Å². The van der Waals surface area contributed by atoms with Gasteiger partial charge >= 0.3 is 0 Å². The van der Waals surface area contributed by atoms with Gasteiger partial charge in [0.25, 0.3) is 0 Å². The van der Waals surface area contributed by atoms with Crippen molar-refractivity contribution in [3.05, 3.63) is 24.2 Å². The first-order valence-corrected chi connectivity index (χ1v) is 7.00. The second-order valence-electron chi connectivity index (χ2n) is 5.66. The standard InChI is InChI=1S/C14H21N3O2/c15-14(4-2-5-14)13(18)17-8-6-16(7-9-17)11-12-3-1-10-19-12/h1,3,10H,2,4-9,11,15H2. The molecule has 1 aliphatic carbocycles. The molecule has 1 saturated carbocycles. The van der Waals surface area contributed by atoms with Gasteiger partial charge in [0.15, 0.2) is 0 Å². The van der Waals surface area contributed by atoms with Gasteiger partial charge in [-0.05, 0) is 31.4 Å². The van der Waals surface area contributed by atoms with Crippen LogP contribution in [0.4, 0.5) is 0 Å². The number of nitrogens with zero attached hydrogens (tertiary/aromatic N) is 2. The van der Waals surface area contributed by atoms with Gasteiger partial charge in [-0.15, -0.1) is 0 Å². The number of carbonyl (C=O) groups is 1. The van der Waals surface area contributed by atoms with Gasteiger partial charge in [0.1, 0.15) is 5.76 Å². The minimum absolute atomic E-state index is 0.149. The highest BCUT2D eigenvalue weighted by Crippen LogP contribution is 2.31. The first-order chi connectivity index (χ1) is 9.17. The molecule has 2 aliphatic rings. The molecule has 0 atom stereocenters. The monoisotopic (exact) mass is 263 g/mol. The molecule has 0 bridgehead atoms. The van der Waals surface area contributed by atoms with E-state index in [-0.39, 0.29) is 5.91 Å². The summed E-state index contributed by atoms with van der Waals surface area (Å²) in [5, 5.41) is 0. The molecular formula is C14H21N3O2. The molecule has 0 unspecified atom stereocenters. The highest BCUT2D eigenvalue weighted by atomic mass is 16.3. The second kappa shape index (κ2) is 4.98. The van der Waals surface area contributed by atoms with E-state index in [0.717, 1.165) is 57.7 Å². The third-order valence-corrected chi connectivity index (χ3v) is 4.29. The van der Waals surface area contributed by atoms with Gasteiger partial charge in [0.05, 0.1) is 18.3 Å². The second-order valence-corrected chi connectivity index (χ2v) is 5.66. The summed E-state index contributed by atoms with van der Waals surface area (Å²) in [4.78, 5) is 16.5. The molecule has 19 heavy (non-hydrogen) atoms. The number of hydrogen-bond acceptors (Lipinski definition) is 4. The molecule has 2 fully saturated rings. The maximum absolute atomic E-state index is 12.3. The molecule has 0 spiro atoms. The van der Waals surface area contributed by atoms with Crippen molar-refractivity contribution in [2.75, 3.05) is 26.2 Å². The van der Waals surface area contributed by atoms with Crippen LogP contribution in [0.15, 0.2) is 22.8 Å². The van der Waals surface area contributed by atoms with Crippen LogP contribution < -0.4 is 5.73 Å². The van der Waals surface area contributed by atoms with Crippen LogP contribution in [0.2, 0.25) is 0 Å². The minimum atomic E-state index is -0.552. The molecule has 2 N–H and O–H groups in total. The van der Waals surface area contributed by atoms with Crippen molar-refractivity contribution in [1.82, 2.24) is 9.80 Å². The summed E-state index contributed by atoms with van der Waals surface area (Å²) in [5.74, 6) is 1.13. The third kappa shape index (κ3) is 2.53. The van der Waals surface area contributed by atoms with Crippen molar-refractivity contribution in [2.45, 2.75) is 31.3 Å². The average molecular weight is 263 g/mol. The molecular weight excluding hydrogens is 242 g/mol. The fourth-order valence-electron chi connectivity index (χ4n) is 2.82. The smallest absolute Gasteiger partial charge is 0.242 e. The Kier molecular flexibility index (Phi) is 3.33. The maximum atomic E-state index is 12.3.